The Bertz CT molecular complexity index is 938. The van der Waals surface area contributed by atoms with Gasteiger partial charge in [0, 0.05) is 17.9 Å². The quantitative estimate of drug-likeness (QED) is 0.505. The fraction of sp³-hybridized carbons (Fsp3) is 0.222. The third-order valence-corrected chi connectivity index (χ3v) is 4.00. The number of hydrogen-bond acceptors (Lipinski definition) is 2. The average Bonchev–Trinajstić information content (AvgIpc) is 2.59. The molecule has 0 saturated carbocycles. The Labute approximate surface area is 135 Å². The van der Waals surface area contributed by atoms with Crippen LogP contribution in [0, 0.1) is 23.3 Å². The van der Waals surface area contributed by atoms with E-state index in [2.05, 4.69) is 0 Å². The van der Waals surface area contributed by atoms with Gasteiger partial charge in [-0.3, -0.25) is 0 Å². The van der Waals surface area contributed by atoms with Crippen LogP contribution >= 0.6 is 0 Å². The molecule has 0 N–H and O–H groups in total. The molecule has 0 aliphatic heterocycles. The molecule has 0 aliphatic carbocycles. The molecule has 0 unspecified atom stereocenters. The molecule has 0 spiro atoms. The minimum atomic E-state index is -1.27. The molecule has 0 heterocycles. The highest BCUT2D eigenvalue weighted by Crippen LogP contribution is 2.36. The van der Waals surface area contributed by atoms with Crippen molar-refractivity contribution >= 4 is 21.5 Å². The molecule has 2 nitrogen and oxygen atoms in total. The summed E-state index contributed by atoms with van der Waals surface area (Å²) in [5.41, 5.74) is 0.121. The molecule has 0 amide bonds. The molecule has 0 atom stereocenters. The summed E-state index contributed by atoms with van der Waals surface area (Å²) in [5.74, 6) is -5.08. The molecule has 0 aromatic heterocycles. The van der Waals surface area contributed by atoms with Gasteiger partial charge in [-0.1, -0.05) is 12.1 Å². The molecule has 0 radical (unpaired) electrons. The van der Waals surface area contributed by atoms with Crippen molar-refractivity contribution in [3.05, 3.63) is 53.1 Å². The van der Waals surface area contributed by atoms with Crippen molar-refractivity contribution in [3.63, 3.8) is 0 Å². The van der Waals surface area contributed by atoms with Gasteiger partial charge in [-0.25, -0.2) is 13.2 Å². The third-order valence-electron chi connectivity index (χ3n) is 4.00. The van der Waals surface area contributed by atoms with Gasteiger partial charge in [0.15, 0.2) is 23.2 Å². The summed E-state index contributed by atoms with van der Waals surface area (Å²) in [5, 5.41) is -0.0807. The normalized spacial score (nSPS) is 11.4. The molecule has 0 saturated heterocycles. The monoisotopic (exact) mass is 338 g/mol. The van der Waals surface area contributed by atoms with Gasteiger partial charge in [-0.05, 0) is 34.9 Å². The van der Waals surface area contributed by atoms with E-state index in [9.17, 15) is 17.6 Å². The number of fused-ring (bicyclic) bond motifs is 3. The van der Waals surface area contributed by atoms with E-state index in [-0.39, 0.29) is 45.9 Å². The third kappa shape index (κ3) is 2.47. The summed E-state index contributed by atoms with van der Waals surface area (Å²) in [6.07, 6.45) is 0.173. The van der Waals surface area contributed by atoms with Crippen molar-refractivity contribution in [2.45, 2.75) is 6.42 Å². The minimum Gasteiger partial charge on any atom is -0.494 e. The van der Waals surface area contributed by atoms with Crippen molar-refractivity contribution in [1.29, 1.82) is 0 Å². The summed E-state index contributed by atoms with van der Waals surface area (Å²) in [7, 11) is 2.65. The van der Waals surface area contributed by atoms with Crippen molar-refractivity contribution < 1.29 is 27.0 Å². The van der Waals surface area contributed by atoms with E-state index in [1.54, 1.807) is 0 Å². The molecule has 24 heavy (non-hydrogen) atoms. The van der Waals surface area contributed by atoms with Crippen LogP contribution in [-0.2, 0) is 11.2 Å². The lowest BCUT2D eigenvalue weighted by Crippen LogP contribution is -2.02. The van der Waals surface area contributed by atoms with Crippen LogP contribution in [0.2, 0.25) is 0 Å². The van der Waals surface area contributed by atoms with Crippen molar-refractivity contribution in [2.75, 3.05) is 20.8 Å². The van der Waals surface area contributed by atoms with E-state index in [1.165, 1.54) is 38.5 Å². The van der Waals surface area contributed by atoms with Gasteiger partial charge in [0.05, 0.1) is 13.7 Å². The fourth-order valence-electron chi connectivity index (χ4n) is 2.82. The van der Waals surface area contributed by atoms with Crippen molar-refractivity contribution in [1.82, 2.24) is 0 Å². The van der Waals surface area contributed by atoms with Gasteiger partial charge < -0.3 is 9.47 Å². The zero-order valence-electron chi connectivity index (χ0n) is 13.1. The summed E-state index contributed by atoms with van der Waals surface area (Å²) < 4.78 is 66.9. The Morgan fingerprint density at radius 3 is 1.96 bits per heavy atom. The summed E-state index contributed by atoms with van der Waals surface area (Å²) in [6.45, 7) is 0.218. The summed E-state index contributed by atoms with van der Waals surface area (Å²) >= 11 is 0. The molecule has 0 fully saturated rings. The maximum Gasteiger partial charge on any atom is 0.201 e. The molecular weight excluding hydrogens is 324 g/mol. The zero-order valence-corrected chi connectivity index (χ0v) is 13.1. The van der Waals surface area contributed by atoms with Crippen LogP contribution in [0.5, 0.6) is 5.75 Å². The highest BCUT2D eigenvalue weighted by atomic mass is 19.2. The highest BCUT2D eigenvalue weighted by Gasteiger charge is 2.21. The first kappa shape index (κ1) is 16.5. The topological polar surface area (TPSA) is 18.5 Å². The first-order valence-corrected chi connectivity index (χ1v) is 7.23. The Morgan fingerprint density at radius 1 is 0.792 bits per heavy atom. The van der Waals surface area contributed by atoms with Gasteiger partial charge in [-0.2, -0.15) is 4.39 Å². The van der Waals surface area contributed by atoms with Gasteiger partial charge in [0.25, 0.3) is 0 Å². The smallest absolute Gasteiger partial charge is 0.201 e. The van der Waals surface area contributed by atoms with E-state index in [1.807, 2.05) is 0 Å². The Balaban J connectivity index is 2.39. The molecule has 0 aliphatic rings. The Kier molecular flexibility index (Phi) is 4.32. The Morgan fingerprint density at radius 2 is 1.38 bits per heavy atom. The van der Waals surface area contributed by atoms with E-state index >= 15 is 0 Å². The van der Waals surface area contributed by atoms with Gasteiger partial charge in [0.2, 0.25) is 5.82 Å². The number of methoxy groups -OCH3 is 2. The van der Waals surface area contributed by atoms with Gasteiger partial charge >= 0.3 is 0 Å². The second-order valence-electron chi connectivity index (χ2n) is 5.38. The predicted octanol–water partition coefficient (Wildman–Crippen LogP) is 4.75. The van der Waals surface area contributed by atoms with E-state index < -0.39 is 23.3 Å². The van der Waals surface area contributed by atoms with Crippen molar-refractivity contribution in [2.24, 2.45) is 0 Å². The highest BCUT2D eigenvalue weighted by molar-refractivity contribution is 6.08. The second kappa shape index (κ2) is 6.28. The minimum absolute atomic E-state index is 0.121. The summed E-state index contributed by atoms with van der Waals surface area (Å²) in [4.78, 5) is 0. The van der Waals surface area contributed by atoms with Crippen LogP contribution in [0.3, 0.4) is 0 Å². The molecule has 3 aromatic carbocycles. The lowest BCUT2D eigenvalue weighted by atomic mass is 9.97. The molecule has 3 rings (SSSR count). The summed E-state index contributed by atoms with van der Waals surface area (Å²) in [6, 6.07) is 5.73. The van der Waals surface area contributed by atoms with Crippen LogP contribution < -0.4 is 4.74 Å². The van der Waals surface area contributed by atoms with Gasteiger partial charge in [0.1, 0.15) is 0 Å². The Hall–Kier alpha value is -2.34. The number of benzene rings is 3. The van der Waals surface area contributed by atoms with Crippen LogP contribution in [0.1, 0.15) is 5.56 Å². The van der Waals surface area contributed by atoms with Crippen LogP contribution in [0.4, 0.5) is 17.6 Å². The van der Waals surface area contributed by atoms with E-state index in [4.69, 9.17) is 9.47 Å². The number of rotatable bonds is 4. The largest absolute Gasteiger partial charge is 0.494 e. The molecule has 0 bridgehead atoms. The average molecular weight is 338 g/mol. The fourth-order valence-corrected chi connectivity index (χ4v) is 2.82. The SMILES string of the molecule is COCCc1cc2ccc3cc(OC)c(F)c(F)c3c2c(F)c1F. The lowest BCUT2D eigenvalue weighted by Gasteiger charge is -2.12. The lowest BCUT2D eigenvalue weighted by molar-refractivity contribution is 0.201. The molecular formula is C18H14F4O2. The molecule has 3 aromatic rings. The zero-order chi connectivity index (χ0) is 17.4. The molecule has 126 valence electrons. The van der Waals surface area contributed by atoms with E-state index in [0.29, 0.717) is 0 Å². The predicted molar refractivity (Wildman–Crippen MR) is 83.4 cm³/mol. The molecule has 6 heteroatoms. The van der Waals surface area contributed by atoms with Crippen molar-refractivity contribution in [3.8, 4) is 5.75 Å². The number of hydrogen-bond donors (Lipinski definition) is 0. The maximum atomic E-state index is 14.6. The van der Waals surface area contributed by atoms with Crippen LogP contribution in [-0.4, -0.2) is 20.8 Å². The first-order valence-electron chi connectivity index (χ1n) is 7.23. The first-order chi connectivity index (χ1) is 11.5. The number of ether oxygens (including phenoxy) is 2. The standard InChI is InChI=1S/C18H14F4O2/c1-23-6-5-11-7-9-3-4-10-8-12(24-2)16(20)18(22)14(10)13(9)17(21)15(11)19/h3-4,7-8H,5-6H2,1-2H3. The van der Waals surface area contributed by atoms with Crippen LogP contribution in [0.15, 0.2) is 24.3 Å². The number of halogens is 4. The second-order valence-corrected chi connectivity index (χ2v) is 5.38. The van der Waals surface area contributed by atoms with E-state index in [0.717, 1.165) is 0 Å². The maximum absolute atomic E-state index is 14.6. The van der Waals surface area contributed by atoms with Gasteiger partial charge in [-0.15, -0.1) is 0 Å². The van der Waals surface area contributed by atoms with Crippen LogP contribution in [0.25, 0.3) is 21.5 Å².